The highest BCUT2D eigenvalue weighted by molar-refractivity contribution is 5.89. The number of benzene rings is 1. The number of nitrogens with zero attached hydrogens (tertiary/aromatic N) is 1. The second-order valence-electron chi connectivity index (χ2n) is 5.35. The first-order valence-corrected chi connectivity index (χ1v) is 8.08. The molecule has 1 aromatic carbocycles. The number of fused-ring (bicyclic) bond motifs is 1. The summed E-state index contributed by atoms with van der Waals surface area (Å²) in [5.41, 5.74) is 4.91. The third-order valence-electron chi connectivity index (χ3n) is 4.40. The van der Waals surface area contributed by atoms with Crippen LogP contribution in [0.3, 0.4) is 0 Å². The lowest BCUT2D eigenvalue weighted by Gasteiger charge is -2.24. The van der Waals surface area contributed by atoms with Gasteiger partial charge in [0.25, 0.3) is 0 Å². The standard InChI is InChI=1S/C16H22N.C2H6/c1-2-14-15-8-4-3-7-13(15)9-10-16(14)17-11-5-6-12-17;1-2/h3-4,7-8,14H,2,5-6,9-12H2,1H3;1-2H3/q+1;. The van der Waals surface area contributed by atoms with E-state index in [2.05, 4.69) is 35.8 Å². The fourth-order valence-corrected chi connectivity index (χ4v) is 3.56. The van der Waals surface area contributed by atoms with E-state index < -0.39 is 0 Å². The number of hydrogen-bond acceptors (Lipinski definition) is 0. The molecule has 0 aromatic heterocycles. The van der Waals surface area contributed by atoms with E-state index in [4.69, 9.17) is 0 Å². The summed E-state index contributed by atoms with van der Waals surface area (Å²) in [6.07, 6.45) is 6.57. The molecule has 1 fully saturated rings. The third kappa shape index (κ3) is 2.91. The molecule has 1 nitrogen and oxygen atoms in total. The van der Waals surface area contributed by atoms with Crippen LogP contribution in [0.15, 0.2) is 24.3 Å². The zero-order valence-electron chi connectivity index (χ0n) is 12.8. The minimum Gasteiger partial charge on any atom is -0.236 e. The Balaban J connectivity index is 0.000000637. The Morgan fingerprint density at radius 3 is 2.42 bits per heavy atom. The van der Waals surface area contributed by atoms with Gasteiger partial charge in [-0.3, -0.25) is 0 Å². The van der Waals surface area contributed by atoms with Gasteiger partial charge in [-0.15, -0.1) is 0 Å². The third-order valence-corrected chi connectivity index (χ3v) is 4.40. The first-order valence-electron chi connectivity index (χ1n) is 8.08. The first-order chi connectivity index (χ1) is 9.40. The molecule has 0 N–H and O–H groups in total. The van der Waals surface area contributed by atoms with Crippen molar-refractivity contribution >= 4 is 5.71 Å². The summed E-state index contributed by atoms with van der Waals surface area (Å²) in [7, 11) is 0. The number of rotatable bonds is 1. The van der Waals surface area contributed by atoms with Crippen molar-refractivity contribution in [3.05, 3.63) is 35.4 Å². The first kappa shape index (κ1) is 14.3. The smallest absolute Gasteiger partial charge is 0.160 e. The summed E-state index contributed by atoms with van der Waals surface area (Å²) in [5, 5.41) is 0. The van der Waals surface area contributed by atoms with Gasteiger partial charge in [-0.25, -0.2) is 4.58 Å². The quantitative estimate of drug-likeness (QED) is 0.657. The fraction of sp³-hybridized carbons (Fsp3) is 0.611. The Kier molecular flexibility index (Phi) is 5.18. The zero-order chi connectivity index (χ0) is 13.7. The maximum atomic E-state index is 2.67. The highest BCUT2D eigenvalue weighted by Gasteiger charge is 2.31. The SMILES string of the molecule is CC.CCC1C(=[N+]2CCCC2)CCc2ccccc21. The predicted molar refractivity (Wildman–Crippen MR) is 83.4 cm³/mol. The Morgan fingerprint density at radius 2 is 1.74 bits per heavy atom. The second kappa shape index (κ2) is 6.88. The molecule has 0 spiro atoms. The van der Waals surface area contributed by atoms with E-state index in [0.29, 0.717) is 5.92 Å². The molecule has 3 rings (SSSR count). The van der Waals surface area contributed by atoms with Crippen molar-refractivity contribution in [2.75, 3.05) is 13.1 Å². The van der Waals surface area contributed by atoms with Gasteiger partial charge >= 0.3 is 0 Å². The Morgan fingerprint density at radius 1 is 1.05 bits per heavy atom. The van der Waals surface area contributed by atoms with Crippen LogP contribution >= 0.6 is 0 Å². The summed E-state index contributed by atoms with van der Waals surface area (Å²) >= 11 is 0. The lowest BCUT2D eigenvalue weighted by molar-refractivity contribution is -0.509. The molecule has 2 aliphatic rings. The molecule has 0 bridgehead atoms. The highest BCUT2D eigenvalue weighted by Crippen LogP contribution is 2.32. The maximum absolute atomic E-state index is 2.67. The van der Waals surface area contributed by atoms with Crippen LogP contribution in [0.4, 0.5) is 0 Å². The van der Waals surface area contributed by atoms with E-state index in [0.717, 1.165) is 0 Å². The molecule has 1 heterocycles. The van der Waals surface area contributed by atoms with Crippen LogP contribution in [0.2, 0.25) is 0 Å². The molecule has 1 atom stereocenters. The molecule has 0 amide bonds. The molecule has 1 aliphatic heterocycles. The minimum atomic E-state index is 0.693. The van der Waals surface area contributed by atoms with Crippen LogP contribution in [0.1, 0.15) is 63.5 Å². The van der Waals surface area contributed by atoms with Crippen LogP contribution in [0.25, 0.3) is 0 Å². The van der Waals surface area contributed by atoms with Crippen molar-refractivity contribution in [1.82, 2.24) is 0 Å². The van der Waals surface area contributed by atoms with Crippen molar-refractivity contribution in [2.24, 2.45) is 0 Å². The van der Waals surface area contributed by atoms with Crippen molar-refractivity contribution in [3.63, 3.8) is 0 Å². The Bertz CT molecular complexity index is 437. The molecule has 1 aliphatic carbocycles. The molecule has 1 saturated heterocycles. The van der Waals surface area contributed by atoms with E-state index >= 15 is 0 Å². The van der Waals surface area contributed by atoms with Gasteiger partial charge in [0.2, 0.25) is 0 Å². The van der Waals surface area contributed by atoms with E-state index in [1.54, 1.807) is 16.8 Å². The van der Waals surface area contributed by atoms with Crippen LogP contribution < -0.4 is 0 Å². The lowest BCUT2D eigenvalue weighted by atomic mass is 9.79. The largest absolute Gasteiger partial charge is 0.236 e. The van der Waals surface area contributed by atoms with E-state index in [-0.39, 0.29) is 0 Å². The van der Waals surface area contributed by atoms with Crippen molar-refractivity contribution in [1.29, 1.82) is 0 Å². The molecule has 104 valence electrons. The summed E-state index contributed by atoms with van der Waals surface area (Å²) in [4.78, 5) is 0. The van der Waals surface area contributed by atoms with Crippen LogP contribution in [-0.2, 0) is 6.42 Å². The highest BCUT2D eigenvalue weighted by atomic mass is 15.0. The van der Waals surface area contributed by atoms with Gasteiger partial charge < -0.3 is 0 Å². The minimum absolute atomic E-state index is 0.693. The second-order valence-corrected chi connectivity index (χ2v) is 5.35. The monoisotopic (exact) mass is 258 g/mol. The Hall–Kier alpha value is -1.11. The lowest BCUT2D eigenvalue weighted by Crippen LogP contribution is -2.29. The van der Waals surface area contributed by atoms with E-state index in [1.165, 1.54) is 45.2 Å². The van der Waals surface area contributed by atoms with Gasteiger partial charge in [0.1, 0.15) is 13.1 Å². The van der Waals surface area contributed by atoms with Crippen LogP contribution in [0, 0.1) is 0 Å². The van der Waals surface area contributed by atoms with Gasteiger partial charge in [0, 0.05) is 19.3 Å². The predicted octanol–water partition coefficient (Wildman–Crippen LogP) is 4.40. The molecule has 0 saturated carbocycles. The van der Waals surface area contributed by atoms with Gasteiger partial charge in [0.15, 0.2) is 5.71 Å². The summed E-state index contributed by atoms with van der Waals surface area (Å²) in [5.74, 6) is 0.693. The van der Waals surface area contributed by atoms with Gasteiger partial charge in [-0.1, -0.05) is 45.0 Å². The van der Waals surface area contributed by atoms with E-state index in [9.17, 15) is 0 Å². The maximum Gasteiger partial charge on any atom is 0.160 e. The zero-order valence-corrected chi connectivity index (χ0v) is 12.8. The fourth-order valence-electron chi connectivity index (χ4n) is 3.56. The Labute approximate surface area is 118 Å². The average molecular weight is 258 g/mol. The number of hydrogen-bond donors (Lipinski definition) is 0. The molecule has 1 unspecified atom stereocenters. The average Bonchev–Trinajstić information content (AvgIpc) is 3.02. The topological polar surface area (TPSA) is 3.01 Å². The van der Waals surface area contributed by atoms with E-state index in [1.807, 2.05) is 13.8 Å². The molecule has 1 heteroatoms. The summed E-state index contributed by atoms with van der Waals surface area (Å²) < 4.78 is 2.67. The van der Waals surface area contributed by atoms with Crippen LogP contribution in [0.5, 0.6) is 0 Å². The van der Waals surface area contributed by atoms with Crippen LogP contribution in [-0.4, -0.2) is 23.4 Å². The van der Waals surface area contributed by atoms with Gasteiger partial charge in [0.05, 0.1) is 5.92 Å². The molecule has 0 radical (unpaired) electrons. The van der Waals surface area contributed by atoms with Crippen molar-refractivity contribution in [3.8, 4) is 0 Å². The van der Waals surface area contributed by atoms with Crippen molar-refractivity contribution < 1.29 is 4.58 Å². The molecule has 19 heavy (non-hydrogen) atoms. The normalized spacial score (nSPS) is 21.7. The van der Waals surface area contributed by atoms with Crippen molar-refractivity contribution in [2.45, 2.75) is 58.8 Å². The summed E-state index contributed by atoms with van der Waals surface area (Å²) in [6, 6.07) is 9.05. The molecular weight excluding hydrogens is 230 g/mol. The van der Waals surface area contributed by atoms with Gasteiger partial charge in [-0.2, -0.15) is 0 Å². The molecule has 1 aromatic rings. The number of aryl methyl sites for hydroxylation is 1. The molecular formula is C18H28N+. The summed E-state index contributed by atoms with van der Waals surface area (Å²) in [6.45, 7) is 8.94. The van der Waals surface area contributed by atoms with Gasteiger partial charge in [-0.05, 0) is 24.0 Å².